The highest BCUT2D eigenvalue weighted by Gasteiger charge is 2.18. The summed E-state index contributed by atoms with van der Waals surface area (Å²) in [6, 6.07) is 4.26. The van der Waals surface area contributed by atoms with Crippen LogP contribution in [0, 0.1) is 0 Å². The van der Waals surface area contributed by atoms with Crippen molar-refractivity contribution in [3.05, 3.63) is 47.9 Å². The van der Waals surface area contributed by atoms with Gasteiger partial charge in [0.15, 0.2) is 0 Å². The Morgan fingerprint density at radius 3 is 2.82 bits per heavy atom. The lowest BCUT2D eigenvalue weighted by atomic mass is 10.1. The van der Waals surface area contributed by atoms with Crippen molar-refractivity contribution in [3.8, 4) is 5.88 Å². The van der Waals surface area contributed by atoms with Crippen molar-refractivity contribution in [2.24, 2.45) is 0 Å². The van der Waals surface area contributed by atoms with Crippen LogP contribution in [0.3, 0.4) is 0 Å². The van der Waals surface area contributed by atoms with Crippen LogP contribution in [0.2, 0.25) is 0 Å². The molecule has 0 bridgehead atoms. The standard InChI is InChI=1S/C17H23N3O2/c21-19-15-8-10-20(11-9-15)13-14-6-7-17(18-12-14)22-16-4-2-1-3-5-16/h1-2,4,6-7,12,15,19,21H,3,5,8-11,13H2. The maximum absolute atomic E-state index is 8.93. The van der Waals surface area contributed by atoms with E-state index in [4.69, 9.17) is 9.94 Å². The molecular formula is C17H23N3O2. The lowest BCUT2D eigenvalue weighted by Gasteiger charge is -2.31. The molecule has 0 radical (unpaired) electrons. The van der Waals surface area contributed by atoms with Crippen molar-refractivity contribution < 1.29 is 9.94 Å². The van der Waals surface area contributed by atoms with Crippen molar-refractivity contribution in [2.75, 3.05) is 13.1 Å². The first-order chi connectivity index (χ1) is 10.8. The minimum Gasteiger partial charge on any atom is -0.443 e. The third-order valence-corrected chi connectivity index (χ3v) is 4.19. The van der Waals surface area contributed by atoms with Gasteiger partial charge in [0.05, 0.1) is 0 Å². The van der Waals surface area contributed by atoms with E-state index in [2.05, 4.69) is 27.5 Å². The Morgan fingerprint density at radius 2 is 2.18 bits per heavy atom. The van der Waals surface area contributed by atoms with E-state index in [9.17, 15) is 0 Å². The zero-order chi connectivity index (χ0) is 15.2. The Hall–Kier alpha value is -1.69. The van der Waals surface area contributed by atoms with Gasteiger partial charge in [0, 0.05) is 44.4 Å². The Bertz CT molecular complexity index is 531. The van der Waals surface area contributed by atoms with Gasteiger partial charge in [-0.1, -0.05) is 18.2 Å². The zero-order valence-electron chi connectivity index (χ0n) is 12.7. The van der Waals surface area contributed by atoms with Gasteiger partial charge in [0.2, 0.25) is 5.88 Å². The van der Waals surface area contributed by atoms with Gasteiger partial charge in [0.1, 0.15) is 5.76 Å². The van der Waals surface area contributed by atoms with Gasteiger partial charge in [-0.15, -0.1) is 0 Å². The van der Waals surface area contributed by atoms with Crippen molar-refractivity contribution in [1.29, 1.82) is 0 Å². The molecule has 0 saturated carbocycles. The van der Waals surface area contributed by atoms with Crippen molar-refractivity contribution >= 4 is 0 Å². The summed E-state index contributed by atoms with van der Waals surface area (Å²) in [5.41, 5.74) is 3.56. The summed E-state index contributed by atoms with van der Waals surface area (Å²) in [7, 11) is 0. The van der Waals surface area contributed by atoms with E-state index in [1.807, 2.05) is 24.4 Å². The van der Waals surface area contributed by atoms with E-state index in [1.54, 1.807) is 0 Å². The van der Waals surface area contributed by atoms with Crippen LogP contribution in [0.25, 0.3) is 0 Å². The number of likely N-dealkylation sites (tertiary alicyclic amines) is 1. The smallest absolute Gasteiger partial charge is 0.218 e. The summed E-state index contributed by atoms with van der Waals surface area (Å²) in [6.07, 6.45) is 12.0. The second kappa shape index (κ2) is 7.54. The number of ether oxygens (including phenoxy) is 1. The van der Waals surface area contributed by atoms with Gasteiger partial charge >= 0.3 is 0 Å². The van der Waals surface area contributed by atoms with Gasteiger partial charge in [-0.2, -0.15) is 0 Å². The molecule has 2 aliphatic rings. The third kappa shape index (κ3) is 4.16. The fourth-order valence-electron chi connectivity index (χ4n) is 2.84. The first kappa shape index (κ1) is 15.2. The maximum Gasteiger partial charge on any atom is 0.218 e. The number of pyridine rings is 1. The van der Waals surface area contributed by atoms with E-state index in [0.29, 0.717) is 5.88 Å². The fraction of sp³-hybridized carbons (Fsp3) is 0.471. The summed E-state index contributed by atoms with van der Waals surface area (Å²) >= 11 is 0. The second-order valence-electron chi connectivity index (χ2n) is 5.89. The van der Waals surface area contributed by atoms with Crippen molar-refractivity contribution in [2.45, 2.75) is 38.3 Å². The molecule has 2 N–H and O–H groups in total. The summed E-state index contributed by atoms with van der Waals surface area (Å²) in [6.45, 7) is 2.89. The molecule has 118 valence electrons. The van der Waals surface area contributed by atoms with Crippen LogP contribution in [-0.2, 0) is 6.54 Å². The Kier molecular flexibility index (Phi) is 5.21. The molecule has 1 aliphatic heterocycles. The molecule has 1 aliphatic carbocycles. The van der Waals surface area contributed by atoms with Crippen molar-refractivity contribution in [3.63, 3.8) is 0 Å². The van der Waals surface area contributed by atoms with Gasteiger partial charge in [0.25, 0.3) is 0 Å². The molecule has 1 aromatic heterocycles. The number of hydrogen-bond donors (Lipinski definition) is 2. The van der Waals surface area contributed by atoms with Crippen LogP contribution in [0.4, 0.5) is 0 Å². The molecule has 2 heterocycles. The Morgan fingerprint density at radius 1 is 1.32 bits per heavy atom. The molecule has 1 saturated heterocycles. The van der Waals surface area contributed by atoms with E-state index >= 15 is 0 Å². The predicted molar refractivity (Wildman–Crippen MR) is 84.5 cm³/mol. The maximum atomic E-state index is 8.93. The number of hydrogen-bond acceptors (Lipinski definition) is 5. The van der Waals surface area contributed by atoms with E-state index in [1.165, 1.54) is 5.56 Å². The first-order valence-corrected chi connectivity index (χ1v) is 7.94. The van der Waals surface area contributed by atoms with Crippen LogP contribution in [0.1, 0.15) is 31.2 Å². The number of aromatic nitrogens is 1. The molecule has 0 atom stereocenters. The largest absolute Gasteiger partial charge is 0.443 e. The summed E-state index contributed by atoms with van der Waals surface area (Å²) in [5.74, 6) is 1.63. The quantitative estimate of drug-likeness (QED) is 0.819. The lowest BCUT2D eigenvalue weighted by Crippen LogP contribution is -2.40. The highest BCUT2D eigenvalue weighted by Crippen LogP contribution is 2.19. The normalized spacial score (nSPS) is 20.0. The number of nitrogens with zero attached hydrogens (tertiary/aromatic N) is 2. The van der Waals surface area contributed by atoms with Gasteiger partial charge in [-0.25, -0.2) is 10.5 Å². The lowest BCUT2D eigenvalue weighted by molar-refractivity contribution is 0.0806. The Balaban J connectivity index is 1.51. The molecule has 1 aromatic rings. The molecule has 3 rings (SSSR count). The molecule has 22 heavy (non-hydrogen) atoms. The zero-order valence-corrected chi connectivity index (χ0v) is 12.7. The SMILES string of the molecule is ONC1CCN(Cc2ccc(OC3=CC=CCC3)nc2)CC1. The number of hydroxylamine groups is 1. The molecular weight excluding hydrogens is 278 g/mol. The summed E-state index contributed by atoms with van der Waals surface area (Å²) < 4.78 is 5.78. The molecule has 0 unspecified atom stereocenters. The van der Waals surface area contributed by atoms with Gasteiger partial charge in [-0.05, 0) is 30.9 Å². The van der Waals surface area contributed by atoms with Crippen molar-refractivity contribution in [1.82, 2.24) is 15.4 Å². The Labute approximate surface area is 131 Å². The highest BCUT2D eigenvalue weighted by molar-refractivity contribution is 5.22. The van der Waals surface area contributed by atoms with Crippen LogP contribution < -0.4 is 10.2 Å². The monoisotopic (exact) mass is 301 g/mol. The van der Waals surface area contributed by atoms with E-state index < -0.39 is 0 Å². The van der Waals surface area contributed by atoms with Crippen LogP contribution in [0.15, 0.2) is 42.3 Å². The average Bonchev–Trinajstić information content (AvgIpc) is 2.58. The molecule has 0 aromatic carbocycles. The minimum absolute atomic E-state index is 0.239. The third-order valence-electron chi connectivity index (χ3n) is 4.19. The van der Waals surface area contributed by atoms with Gasteiger partial charge in [-0.3, -0.25) is 4.90 Å². The van der Waals surface area contributed by atoms with Crippen LogP contribution in [-0.4, -0.2) is 34.2 Å². The fourth-order valence-corrected chi connectivity index (χ4v) is 2.84. The van der Waals surface area contributed by atoms with E-state index in [0.717, 1.165) is 51.1 Å². The predicted octanol–water partition coefficient (Wildman–Crippen LogP) is 2.64. The minimum atomic E-state index is 0.239. The highest BCUT2D eigenvalue weighted by atomic mass is 16.5. The number of piperidine rings is 1. The molecule has 5 heteroatoms. The van der Waals surface area contributed by atoms with E-state index in [-0.39, 0.29) is 6.04 Å². The molecule has 0 amide bonds. The summed E-state index contributed by atoms with van der Waals surface area (Å²) in [4.78, 5) is 6.79. The second-order valence-corrected chi connectivity index (χ2v) is 5.89. The molecule has 5 nitrogen and oxygen atoms in total. The number of allylic oxidation sites excluding steroid dienone is 4. The first-order valence-electron chi connectivity index (χ1n) is 7.94. The molecule has 1 fully saturated rings. The van der Waals surface area contributed by atoms with Crippen LogP contribution >= 0.6 is 0 Å². The van der Waals surface area contributed by atoms with Crippen LogP contribution in [0.5, 0.6) is 5.88 Å². The topological polar surface area (TPSA) is 57.6 Å². The number of rotatable bonds is 5. The molecule has 0 spiro atoms. The average molecular weight is 301 g/mol. The number of nitrogens with one attached hydrogen (secondary N) is 1. The summed E-state index contributed by atoms with van der Waals surface area (Å²) in [5, 5.41) is 8.93. The van der Waals surface area contributed by atoms with Gasteiger partial charge < -0.3 is 9.94 Å².